The molecule has 1 aromatic carbocycles. The van der Waals surface area contributed by atoms with Gasteiger partial charge in [-0.2, -0.15) is 0 Å². The minimum atomic E-state index is 0.210. The minimum Gasteiger partial charge on any atom is -0.493 e. The highest BCUT2D eigenvalue weighted by molar-refractivity contribution is 6.30. The zero-order chi connectivity index (χ0) is 13.4. The van der Waals surface area contributed by atoms with Crippen molar-refractivity contribution in [2.45, 2.75) is 32.7 Å². The van der Waals surface area contributed by atoms with Crippen LogP contribution in [0.25, 0.3) is 0 Å². The van der Waals surface area contributed by atoms with Crippen molar-refractivity contribution in [2.75, 3.05) is 19.8 Å². The van der Waals surface area contributed by atoms with E-state index in [9.17, 15) is 0 Å². The number of aliphatic hydroxyl groups is 1. The number of halogens is 1. The van der Waals surface area contributed by atoms with Gasteiger partial charge in [0, 0.05) is 23.2 Å². The van der Waals surface area contributed by atoms with E-state index in [2.05, 4.69) is 19.2 Å². The largest absolute Gasteiger partial charge is 0.493 e. The normalized spacial score (nSPS) is 12.4. The Hall–Kier alpha value is -0.770. The number of ether oxygens (including phenoxy) is 1. The molecule has 18 heavy (non-hydrogen) atoms. The molecule has 0 spiro atoms. The first-order chi connectivity index (χ1) is 8.69. The Morgan fingerprint density at radius 2 is 2.17 bits per heavy atom. The monoisotopic (exact) mass is 271 g/mol. The number of nitrogens with one attached hydrogen (secondary N) is 1. The molecule has 0 radical (unpaired) electrons. The summed E-state index contributed by atoms with van der Waals surface area (Å²) in [7, 11) is 0. The van der Waals surface area contributed by atoms with Crippen LogP contribution < -0.4 is 10.1 Å². The van der Waals surface area contributed by atoms with Crippen LogP contribution in [-0.2, 0) is 0 Å². The number of rotatable bonds is 8. The lowest BCUT2D eigenvalue weighted by Gasteiger charge is -2.18. The molecule has 1 atom stereocenters. The second-order valence-electron chi connectivity index (χ2n) is 4.24. The van der Waals surface area contributed by atoms with Crippen molar-refractivity contribution in [3.63, 3.8) is 0 Å². The SMILES string of the molecule is CCNC(C)c1cc(Cl)ccc1OCCCCO. The van der Waals surface area contributed by atoms with Crippen LogP contribution in [0.15, 0.2) is 18.2 Å². The van der Waals surface area contributed by atoms with Crippen LogP contribution in [0.1, 0.15) is 38.3 Å². The number of hydrogen-bond acceptors (Lipinski definition) is 3. The van der Waals surface area contributed by atoms with Crippen molar-refractivity contribution in [3.8, 4) is 5.75 Å². The van der Waals surface area contributed by atoms with E-state index >= 15 is 0 Å². The molecule has 1 aromatic rings. The zero-order valence-electron chi connectivity index (χ0n) is 11.1. The van der Waals surface area contributed by atoms with Crippen molar-refractivity contribution >= 4 is 11.6 Å². The van der Waals surface area contributed by atoms with E-state index in [0.717, 1.165) is 35.7 Å². The van der Waals surface area contributed by atoms with Gasteiger partial charge in [-0.15, -0.1) is 0 Å². The number of unbranched alkanes of at least 4 members (excludes halogenated alkanes) is 1. The Morgan fingerprint density at radius 3 is 2.83 bits per heavy atom. The molecule has 0 saturated heterocycles. The number of aliphatic hydroxyl groups excluding tert-OH is 1. The molecule has 0 fully saturated rings. The zero-order valence-corrected chi connectivity index (χ0v) is 11.8. The maximum atomic E-state index is 8.73. The second kappa shape index (κ2) is 8.35. The first kappa shape index (κ1) is 15.3. The maximum Gasteiger partial charge on any atom is 0.124 e. The molecule has 0 bridgehead atoms. The molecule has 0 aliphatic heterocycles. The molecular formula is C14H22ClNO2. The van der Waals surface area contributed by atoms with Gasteiger partial charge in [0.2, 0.25) is 0 Å². The second-order valence-corrected chi connectivity index (χ2v) is 4.68. The number of hydrogen-bond donors (Lipinski definition) is 2. The summed E-state index contributed by atoms with van der Waals surface area (Å²) in [6.07, 6.45) is 1.62. The molecule has 2 N–H and O–H groups in total. The van der Waals surface area contributed by atoms with E-state index < -0.39 is 0 Å². The Bertz CT molecular complexity index is 358. The smallest absolute Gasteiger partial charge is 0.124 e. The summed E-state index contributed by atoms with van der Waals surface area (Å²) in [5.74, 6) is 0.866. The van der Waals surface area contributed by atoms with Gasteiger partial charge in [0.1, 0.15) is 5.75 Å². The Labute approximate surface area is 114 Å². The summed E-state index contributed by atoms with van der Waals surface area (Å²) < 4.78 is 5.75. The molecule has 3 nitrogen and oxygen atoms in total. The fraction of sp³-hybridized carbons (Fsp3) is 0.571. The summed E-state index contributed by atoms with van der Waals surface area (Å²) in [4.78, 5) is 0. The predicted molar refractivity (Wildman–Crippen MR) is 75.4 cm³/mol. The molecule has 0 aromatic heterocycles. The van der Waals surface area contributed by atoms with E-state index in [-0.39, 0.29) is 12.6 Å². The fourth-order valence-corrected chi connectivity index (χ4v) is 1.98. The molecule has 1 unspecified atom stereocenters. The summed E-state index contributed by atoms with van der Waals surface area (Å²) >= 11 is 6.03. The molecular weight excluding hydrogens is 250 g/mol. The van der Waals surface area contributed by atoms with Crippen molar-refractivity contribution in [2.24, 2.45) is 0 Å². The molecule has 0 saturated carbocycles. The Balaban J connectivity index is 2.70. The average molecular weight is 272 g/mol. The van der Waals surface area contributed by atoms with Gasteiger partial charge in [0.25, 0.3) is 0 Å². The molecule has 102 valence electrons. The Kier molecular flexibility index (Phi) is 7.09. The summed E-state index contributed by atoms with van der Waals surface area (Å²) in [6, 6.07) is 5.90. The van der Waals surface area contributed by atoms with Gasteiger partial charge in [-0.3, -0.25) is 0 Å². The first-order valence-corrected chi connectivity index (χ1v) is 6.83. The molecule has 0 aliphatic carbocycles. The predicted octanol–water partition coefficient (Wildman–Crippen LogP) is 3.16. The van der Waals surface area contributed by atoms with Crippen LogP contribution >= 0.6 is 11.6 Å². The van der Waals surface area contributed by atoms with Crippen molar-refractivity contribution in [1.82, 2.24) is 5.32 Å². The average Bonchev–Trinajstić information content (AvgIpc) is 2.36. The van der Waals surface area contributed by atoms with E-state index in [1.54, 1.807) is 0 Å². The van der Waals surface area contributed by atoms with Crippen molar-refractivity contribution < 1.29 is 9.84 Å². The van der Waals surface area contributed by atoms with Crippen LogP contribution in [-0.4, -0.2) is 24.9 Å². The lowest BCUT2D eigenvalue weighted by atomic mass is 10.1. The molecule has 0 aliphatic rings. The lowest BCUT2D eigenvalue weighted by molar-refractivity contribution is 0.251. The highest BCUT2D eigenvalue weighted by Crippen LogP contribution is 2.28. The van der Waals surface area contributed by atoms with Crippen LogP contribution in [0.2, 0.25) is 5.02 Å². The maximum absolute atomic E-state index is 8.73. The quantitative estimate of drug-likeness (QED) is 0.714. The van der Waals surface area contributed by atoms with Crippen molar-refractivity contribution in [3.05, 3.63) is 28.8 Å². The molecule has 4 heteroatoms. The van der Waals surface area contributed by atoms with Gasteiger partial charge in [0.05, 0.1) is 6.61 Å². The molecule has 1 rings (SSSR count). The number of benzene rings is 1. The van der Waals surface area contributed by atoms with Gasteiger partial charge in [-0.1, -0.05) is 18.5 Å². The van der Waals surface area contributed by atoms with Crippen LogP contribution in [0.4, 0.5) is 0 Å². The third-order valence-corrected chi connectivity index (χ3v) is 2.99. The van der Waals surface area contributed by atoms with E-state index in [4.69, 9.17) is 21.4 Å². The summed E-state index contributed by atoms with van der Waals surface area (Å²) in [5, 5.41) is 12.8. The van der Waals surface area contributed by atoms with Gasteiger partial charge in [0.15, 0.2) is 0 Å². The minimum absolute atomic E-state index is 0.210. The lowest BCUT2D eigenvalue weighted by Crippen LogP contribution is -2.18. The van der Waals surface area contributed by atoms with Crippen LogP contribution in [0.3, 0.4) is 0 Å². The highest BCUT2D eigenvalue weighted by Gasteiger charge is 2.11. The summed E-state index contributed by atoms with van der Waals surface area (Å²) in [6.45, 7) is 5.90. The fourth-order valence-electron chi connectivity index (χ4n) is 1.80. The van der Waals surface area contributed by atoms with E-state index in [1.807, 2.05) is 18.2 Å². The van der Waals surface area contributed by atoms with Gasteiger partial charge < -0.3 is 15.2 Å². The molecule has 0 heterocycles. The summed E-state index contributed by atoms with van der Waals surface area (Å²) in [5.41, 5.74) is 1.08. The van der Waals surface area contributed by atoms with Gasteiger partial charge in [-0.05, 0) is 44.5 Å². The first-order valence-electron chi connectivity index (χ1n) is 6.45. The standard InChI is InChI=1S/C14H22ClNO2/c1-3-16-11(2)13-10-12(15)6-7-14(13)18-9-5-4-8-17/h6-7,10-11,16-17H,3-5,8-9H2,1-2H3. The molecule has 0 amide bonds. The van der Waals surface area contributed by atoms with E-state index in [0.29, 0.717) is 6.61 Å². The Morgan fingerprint density at radius 1 is 1.39 bits per heavy atom. The third kappa shape index (κ3) is 4.84. The van der Waals surface area contributed by atoms with Gasteiger partial charge >= 0.3 is 0 Å². The van der Waals surface area contributed by atoms with Crippen LogP contribution in [0, 0.1) is 0 Å². The van der Waals surface area contributed by atoms with Gasteiger partial charge in [-0.25, -0.2) is 0 Å². The van der Waals surface area contributed by atoms with E-state index in [1.165, 1.54) is 0 Å². The third-order valence-electron chi connectivity index (χ3n) is 2.76. The van der Waals surface area contributed by atoms with Crippen LogP contribution in [0.5, 0.6) is 5.75 Å². The topological polar surface area (TPSA) is 41.5 Å². The van der Waals surface area contributed by atoms with Crippen molar-refractivity contribution in [1.29, 1.82) is 0 Å². The highest BCUT2D eigenvalue weighted by atomic mass is 35.5.